The van der Waals surface area contributed by atoms with Gasteiger partial charge in [0.15, 0.2) is 10.8 Å². The van der Waals surface area contributed by atoms with Crippen molar-refractivity contribution in [3.63, 3.8) is 0 Å². The SMILES string of the molecule is Cc1cc(-c2cc(C(=O)Nc3nc(CN4CCOCC4)cs3)c3cnn(C(C)C)c3n2)c(C)o1. The van der Waals surface area contributed by atoms with Crippen LogP contribution in [0.1, 0.15) is 47.5 Å². The molecule has 1 amide bonds. The van der Waals surface area contributed by atoms with E-state index in [1.807, 2.05) is 49.9 Å². The van der Waals surface area contributed by atoms with E-state index >= 15 is 0 Å². The Hall–Kier alpha value is -3.08. The average molecular weight is 481 g/mol. The monoisotopic (exact) mass is 480 g/mol. The van der Waals surface area contributed by atoms with E-state index in [0.717, 1.165) is 55.6 Å². The van der Waals surface area contributed by atoms with Crippen molar-refractivity contribution < 1.29 is 13.9 Å². The van der Waals surface area contributed by atoms with E-state index in [4.69, 9.17) is 14.1 Å². The van der Waals surface area contributed by atoms with Gasteiger partial charge in [0, 0.05) is 36.6 Å². The van der Waals surface area contributed by atoms with E-state index in [1.165, 1.54) is 11.3 Å². The molecule has 34 heavy (non-hydrogen) atoms. The molecule has 0 atom stereocenters. The molecule has 9 nitrogen and oxygen atoms in total. The van der Waals surface area contributed by atoms with Gasteiger partial charge in [0.1, 0.15) is 11.5 Å². The standard InChI is InChI=1S/C24H28N6O3S/c1-14(2)30-22-20(11-25-30)19(10-21(27-22)18-9-15(3)33-16(18)4)23(31)28-24-26-17(13-34-24)12-29-5-7-32-8-6-29/h9-11,13-14H,5-8,12H2,1-4H3,(H,26,28,31). The highest BCUT2D eigenvalue weighted by atomic mass is 32.1. The number of aromatic nitrogens is 4. The van der Waals surface area contributed by atoms with Crippen LogP contribution in [0.5, 0.6) is 0 Å². The Morgan fingerprint density at radius 3 is 2.71 bits per heavy atom. The number of carbonyl (C=O) groups is 1. The van der Waals surface area contributed by atoms with Crippen molar-refractivity contribution in [1.82, 2.24) is 24.6 Å². The van der Waals surface area contributed by atoms with Gasteiger partial charge < -0.3 is 9.15 Å². The van der Waals surface area contributed by atoms with Crippen molar-refractivity contribution in [3.8, 4) is 11.3 Å². The van der Waals surface area contributed by atoms with Crippen molar-refractivity contribution in [1.29, 1.82) is 0 Å². The van der Waals surface area contributed by atoms with Crippen LogP contribution in [0.15, 0.2) is 28.1 Å². The number of nitrogens with zero attached hydrogens (tertiary/aromatic N) is 5. The third-order valence-electron chi connectivity index (χ3n) is 5.88. The summed E-state index contributed by atoms with van der Waals surface area (Å²) in [5.74, 6) is 1.33. The van der Waals surface area contributed by atoms with E-state index in [-0.39, 0.29) is 11.9 Å². The Balaban J connectivity index is 1.46. The third-order valence-corrected chi connectivity index (χ3v) is 6.69. The second kappa shape index (κ2) is 9.28. The summed E-state index contributed by atoms with van der Waals surface area (Å²) < 4.78 is 13.0. The van der Waals surface area contributed by atoms with Crippen LogP contribution in [0.25, 0.3) is 22.3 Å². The van der Waals surface area contributed by atoms with Crippen LogP contribution in [-0.2, 0) is 11.3 Å². The molecule has 1 fully saturated rings. The first-order valence-corrected chi connectivity index (χ1v) is 12.3. The zero-order valence-corrected chi connectivity index (χ0v) is 20.6. The number of rotatable bonds is 6. The molecule has 5 rings (SSSR count). The number of fused-ring (bicyclic) bond motifs is 1. The molecular formula is C24H28N6O3S. The number of carbonyl (C=O) groups excluding carboxylic acids is 1. The van der Waals surface area contributed by atoms with Crippen LogP contribution < -0.4 is 5.32 Å². The number of amides is 1. The van der Waals surface area contributed by atoms with Gasteiger partial charge in [-0.2, -0.15) is 5.10 Å². The zero-order chi connectivity index (χ0) is 23.8. The molecular weight excluding hydrogens is 452 g/mol. The van der Waals surface area contributed by atoms with Crippen molar-refractivity contribution in [3.05, 3.63) is 46.5 Å². The summed E-state index contributed by atoms with van der Waals surface area (Å²) in [6.45, 7) is 11.9. The molecule has 0 bridgehead atoms. The largest absolute Gasteiger partial charge is 0.466 e. The van der Waals surface area contributed by atoms with Crippen LogP contribution in [0, 0.1) is 13.8 Å². The second-order valence-corrected chi connectivity index (χ2v) is 9.65. The minimum Gasteiger partial charge on any atom is -0.466 e. The number of thiazole rings is 1. The van der Waals surface area contributed by atoms with Gasteiger partial charge in [-0.25, -0.2) is 14.6 Å². The minimum atomic E-state index is -0.234. The molecule has 10 heteroatoms. The molecule has 0 saturated carbocycles. The quantitative estimate of drug-likeness (QED) is 0.436. The summed E-state index contributed by atoms with van der Waals surface area (Å²) >= 11 is 1.43. The van der Waals surface area contributed by atoms with Crippen LogP contribution in [0.4, 0.5) is 5.13 Å². The summed E-state index contributed by atoms with van der Waals surface area (Å²) in [6.07, 6.45) is 1.71. The van der Waals surface area contributed by atoms with Gasteiger partial charge in [-0.15, -0.1) is 11.3 Å². The van der Waals surface area contributed by atoms with Crippen LogP contribution in [0.3, 0.4) is 0 Å². The van der Waals surface area contributed by atoms with Crippen LogP contribution in [0.2, 0.25) is 0 Å². The number of hydrogen-bond acceptors (Lipinski definition) is 8. The lowest BCUT2D eigenvalue weighted by atomic mass is 10.1. The molecule has 1 saturated heterocycles. The van der Waals surface area contributed by atoms with Gasteiger partial charge in [-0.05, 0) is 39.8 Å². The molecule has 1 N–H and O–H groups in total. The molecule has 0 aromatic carbocycles. The Morgan fingerprint density at radius 1 is 1.21 bits per heavy atom. The molecule has 4 aromatic rings. The number of morpholine rings is 1. The van der Waals surface area contributed by atoms with E-state index in [1.54, 1.807) is 6.20 Å². The van der Waals surface area contributed by atoms with E-state index < -0.39 is 0 Å². The Morgan fingerprint density at radius 2 is 2.00 bits per heavy atom. The lowest BCUT2D eigenvalue weighted by Crippen LogP contribution is -2.35. The maximum atomic E-state index is 13.4. The number of ether oxygens (including phenoxy) is 1. The maximum Gasteiger partial charge on any atom is 0.258 e. The third kappa shape index (κ3) is 4.48. The number of pyridine rings is 1. The van der Waals surface area contributed by atoms with Gasteiger partial charge >= 0.3 is 0 Å². The highest BCUT2D eigenvalue weighted by molar-refractivity contribution is 7.14. The van der Waals surface area contributed by atoms with Crippen molar-refractivity contribution >= 4 is 33.4 Å². The molecule has 0 aliphatic carbocycles. The van der Waals surface area contributed by atoms with Crippen LogP contribution in [-0.4, -0.2) is 56.9 Å². The number of nitrogens with one attached hydrogen (secondary N) is 1. The first-order chi connectivity index (χ1) is 16.4. The Labute approximate surface area is 201 Å². The predicted octanol–water partition coefficient (Wildman–Crippen LogP) is 4.43. The molecule has 178 valence electrons. The number of furan rings is 1. The minimum absolute atomic E-state index is 0.102. The molecule has 0 radical (unpaired) electrons. The fourth-order valence-electron chi connectivity index (χ4n) is 4.20. The summed E-state index contributed by atoms with van der Waals surface area (Å²) in [4.78, 5) is 25.2. The van der Waals surface area contributed by atoms with Crippen molar-refractivity contribution in [2.45, 2.75) is 40.3 Å². The summed E-state index contributed by atoms with van der Waals surface area (Å²) in [5, 5.41) is 10.8. The lowest BCUT2D eigenvalue weighted by molar-refractivity contribution is 0.0337. The Kier molecular flexibility index (Phi) is 6.20. The predicted molar refractivity (Wildman–Crippen MR) is 131 cm³/mol. The van der Waals surface area contributed by atoms with Gasteiger partial charge in [-0.3, -0.25) is 15.0 Å². The normalized spacial score (nSPS) is 14.9. The fraction of sp³-hybridized carbons (Fsp3) is 0.417. The van der Waals surface area contributed by atoms with E-state index in [0.29, 0.717) is 27.4 Å². The highest BCUT2D eigenvalue weighted by Crippen LogP contribution is 2.30. The van der Waals surface area contributed by atoms with E-state index in [2.05, 4.69) is 20.3 Å². The molecule has 4 aromatic heterocycles. The van der Waals surface area contributed by atoms with Gasteiger partial charge in [0.25, 0.3) is 5.91 Å². The first kappa shape index (κ1) is 22.7. The molecule has 5 heterocycles. The molecule has 1 aliphatic heterocycles. The summed E-state index contributed by atoms with van der Waals surface area (Å²) in [7, 11) is 0. The second-order valence-electron chi connectivity index (χ2n) is 8.79. The fourth-order valence-corrected chi connectivity index (χ4v) is 4.89. The van der Waals surface area contributed by atoms with Crippen molar-refractivity contribution in [2.75, 3.05) is 31.6 Å². The maximum absolute atomic E-state index is 13.4. The summed E-state index contributed by atoms with van der Waals surface area (Å²) in [6, 6.07) is 3.86. The van der Waals surface area contributed by atoms with Gasteiger partial charge in [-0.1, -0.05) is 0 Å². The summed E-state index contributed by atoms with van der Waals surface area (Å²) in [5.41, 5.74) is 3.67. The Bertz CT molecular complexity index is 1330. The average Bonchev–Trinajstić information content (AvgIpc) is 3.52. The molecule has 0 unspecified atom stereocenters. The van der Waals surface area contributed by atoms with Gasteiger partial charge in [0.05, 0.1) is 41.7 Å². The van der Waals surface area contributed by atoms with Crippen LogP contribution >= 0.6 is 11.3 Å². The van der Waals surface area contributed by atoms with E-state index in [9.17, 15) is 4.79 Å². The first-order valence-electron chi connectivity index (χ1n) is 11.4. The number of aryl methyl sites for hydroxylation is 2. The molecule has 0 spiro atoms. The molecule has 1 aliphatic rings. The number of anilines is 1. The highest BCUT2D eigenvalue weighted by Gasteiger charge is 2.21. The lowest BCUT2D eigenvalue weighted by Gasteiger charge is -2.25. The van der Waals surface area contributed by atoms with Gasteiger partial charge in [0.2, 0.25) is 0 Å². The van der Waals surface area contributed by atoms with Crippen molar-refractivity contribution in [2.24, 2.45) is 0 Å². The number of hydrogen-bond donors (Lipinski definition) is 1. The zero-order valence-electron chi connectivity index (χ0n) is 19.8. The topological polar surface area (TPSA) is 98.3 Å². The smallest absolute Gasteiger partial charge is 0.258 e.